The summed E-state index contributed by atoms with van der Waals surface area (Å²) < 4.78 is 0. The molecule has 0 aliphatic heterocycles. The van der Waals surface area contributed by atoms with E-state index in [0.717, 1.165) is 6.42 Å². The molecule has 0 radical (unpaired) electrons. The molecule has 0 heterocycles. The van der Waals surface area contributed by atoms with E-state index in [1.54, 1.807) is 0 Å². The number of hydrogen-bond acceptors (Lipinski definition) is 1. The molecule has 0 aromatic carbocycles. The SMILES string of the molecule is CC(C)(C)CCCC[C@H](CCO)CC(C)(C)C. The van der Waals surface area contributed by atoms with E-state index in [-0.39, 0.29) is 0 Å². The number of rotatable bonds is 7. The molecule has 0 bridgehead atoms. The molecular weight excluding hydrogens is 208 g/mol. The van der Waals surface area contributed by atoms with Gasteiger partial charge in [0, 0.05) is 6.61 Å². The van der Waals surface area contributed by atoms with Crippen molar-refractivity contribution < 1.29 is 5.11 Å². The molecule has 17 heavy (non-hydrogen) atoms. The average Bonchev–Trinajstić information content (AvgIpc) is 2.08. The summed E-state index contributed by atoms with van der Waals surface area (Å²) in [6, 6.07) is 0. The fourth-order valence-corrected chi connectivity index (χ4v) is 2.49. The first-order valence-electron chi connectivity index (χ1n) is 7.25. The first-order chi connectivity index (χ1) is 7.64. The van der Waals surface area contributed by atoms with Gasteiger partial charge in [-0.2, -0.15) is 0 Å². The Labute approximate surface area is 109 Å². The Morgan fingerprint density at radius 2 is 1.41 bits per heavy atom. The third-order valence-corrected chi connectivity index (χ3v) is 3.23. The lowest BCUT2D eigenvalue weighted by Gasteiger charge is -2.26. The molecule has 0 amide bonds. The molecule has 0 spiro atoms. The minimum Gasteiger partial charge on any atom is -0.396 e. The van der Waals surface area contributed by atoms with Gasteiger partial charge in [-0.3, -0.25) is 0 Å². The molecule has 1 atom stereocenters. The van der Waals surface area contributed by atoms with Gasteiger partial charge in [0.15, 0.2) is 0 Å². The van der Waals surface area contributed by atoms with E-state index in [2.05, 4.69) is 41.5 Å². The van der Waals surface area contributed by atoms with Crippen LogP contribution in [0.15, 0.2) is 0 Å². The van der Waals surface area contributed by atoms with Crippen LogP contribution in [0.3, 0.4) is 0 Å². The lowest BCUT2D eigenvalue weighted by atomic mass is 9.80. The monoisotopic (exact) mass is 242 g/mol. The van der Waals surface area contributed by atoms with Crippen molar-refractivity contribution in [2.75, 3.05) is 6.61 Å². The van der Waals surface area contributed by atoms with Crippen LogP contribution < -0.4 is 0 Å². The van der Waals surface area contributed by atoms with Crippen LogP contribution in [0, 0.1) is 16.7 Å². The minimum absolute atomic E-state index is 0.347. The van der Waals surface area contributed by atoms with Crippen LogP contribution in [-0.2, 0) is 0 Å². The Hall–Kier alpha value is -0.0400. The summed E-state index contributed by atoms with van der Waals surface area (Å²) in [5, 5.41) is 9.12. The molecule has 0 aromatic heterocycles. The average molecular weight is 242 g/mol. The smallest absolute Gasteiger partial charge is 0.0433 e. The van der Waals surface area contributed by atoms with Crippen LogP contribution in [0.25, 0.3) is 0 Å². The molecule has 0 rings (SSSR count). The van der Waals surface area contributed by atoms with Gasteiger partial charge >= 0.3 is 0 Å². The first kappa shape index (κ1) is 17.0. The van der Waals surface area contributed by atoms with E-state index in [1.807, 2.05) is 0 Å². The van der Waals surface area contributed by atoms with Crippen LogP contribution in [0.4, 0.5) is 0 Å². The molecule has 104 valence electrons. The minimum atomic E-state index is 0.347. The third kappa shape index (κ3) is 12.2. The molecule has 1 nitrogen and oxygen atoms in total. The number of hydrogen-bond donors (Lipinski definition) is 1. The summed E-state index contributed by atoms with van der Waals surface area (Å²) in [4.78, 5) is 0. The van der Waals surface area contributed by atoms with Crippen LogP contribution in [0.5, 0.6) is 0 Å². The maximum absolute atomic E-state index is 9.12. The van der Waals surface area contributed by atoms with E-state index in [4.69, 9.17) is 5.11 Å². The second-order valence-corrected chi connectivity index (χ2v) is 7.95. The fourth-order valence-electron chi connectivity index (χ4n) is 2.49. The topological polar surface area (TPSA) is 20.2 Å². The lowest BCUT2D eigenvalue weighted by molar-refractivity contribution is 0.205. The standard InChI is InChI=1S/C16H34O/c1-15(2,3)11-8-7-9-14(10-12-17)13-16(4,5)6/h14,17H,7-13H2,1-6H3/t14-/m1/s1. The van der Waals surface area contributed by atoms with Crippen molar-refractivity contribution in [2.24, 2.45) is 16.7 Å². The summed E-state index contributed by atoms with van der Waals surface area (Å²) in [5.74, 6) is 0.708. The molecule has 0 unspecified atom stereocenters. The molecule has 0 aliphatic carbocycles. The van der Waals surface area contributed by atoms with E-state index < -0.39 is 0 Å². The molecule has 0 saturated heterocycles. The van der Waals surface area contributed by atoms with E-state index in [0.29, 0.717) is 23.4 Å². The largest absolute Gasteiger partial charge is 0.396 e. The Morgan fingerprint density at radius 1 is 0.824 bits per heavy atom. The van der Waals surface area contributed by atoms with Crippen molar-refractivity contribution in [3.05, 3.63) is 0 Å². The quantitative estimate of drug-likeness (QED) is 0.621. The number of unbranched alkanes of at least 4 members (excludes halogenated alkanes) is 1. The van der Waals surface area contributed by atoms with E-state index >= 15 is 0 Å². The Balaban J connectivity index is 3.85. The maximum Gasteiger partial charge on any atom is 0.0433 e. The van der Waals surface area contributed by atoms with Crippen molar-refractivity contribution >= 4 is 0 Å². The summed E-state index contributed by atoms with van der Waals surface area (Å²) in [5.41, 5.74) is 0.861. The third-order valence-electron chi connectivity index (χ3n) is 3.23. The normalized spacial score (nSPS) is 15.0. The summed E-state index contributed by atoms with van der Waals surface area (Å²) in [7, 11) is 0. The predicted octanol–water partition coefficient (Wildman–Crippen LogP) is 5.03. The van der Waals surface area contributed by atoms with Crippen LogP contribution >= 0.6 is 0 Å². The summed E-state index contributed by atoms with van der Waals surface area (Å²) in [6.07, 6.45) is 7.46. The fraction of sp³-hybridized carbons (Fsp3) is 1.00. The van der Waals surface area contributed by atoms with Crippen LogP contribution in [0.2, 0.25) is 0 Å². The second-order valence-electron chi connectivity index (χ2n) is 7.95. The molecule has 0 fully saturated rings. The molecular formula is C16H34O. The van der Waals surface area contributed by atoms with Crippen molar-refractivity contribution in [3.8, 4) is 0 Å². The highest BCUT2D eigenvalue weighted by molar-refractivity contribution is 4.70. The summed E-state index contributed by atoms with van der Waals surface area (Å²) >= 11 is 0. The van der Waals surface area contributed by atoms with Gasteiger partial charge in [0.2, 0.25) is 0 Å². The van der Waals surface area contributed by atoms with Crippen LogP contribution in [-0.4, -0.2) is 11.7 Å². The highest BCUT2D eigenvalue weighted by Crippen LogP contribution is 2.30. The molecule has 0 saturated carbocycles. The van der Waals surface area contributed by atoms with Gasteiger partial charge in [-0.1, -0.05) is 60.8 Å². The first-order valence-corrected chi connectivity index (χ1v) is 7.25. The van der Waals surface area contributed by atoms with Crippen molar-refractivity contribution in [1.82, 2.24) is 0 Å². The molecule has 1 heteroatoms. The number of aliphatic hydroxyl groups is 1. The Morgan fingerprint density at radius 3 is 1.82 bits per heavy atom. The lowest BCUT2D eigenvalue weighted by Crippen LogP contribution is -2.15. The van der Waals surface area contributed by atoms with Gasteiger partial charge in [-0.25, -0.2) is 0 Å². The Kier molecular flexibility index (Phi) is 7.39. The van der Waals surface area contributed by atoms with Gasteiger partial charge in [-0.05, 0) is 36.0 Å². The Bertz CT molecular complexity index is 183. The van der Waals surface area contributed by atoms with Gasteiger partial charge in [0.1, 0.15) is 0 Å². The van der Waals surface area contributed by atoms with Crippen molar-refractivity contribution in [1.29, 1.82) is 0 Å². The predicted molar refractivity (Wildman–Crippen MR) is 77.2 cm³/mol. The van der Waals surface area contributed by atoms with E-state index in [1.165, 1.54) is 32.1 Å². The van der Waals surface area contributed by atoms with Crippen molar-refractivity contribution in [3.63, 3.8) is 0 Å². The second kappa shape index (κ2) is 7.41. The maximum atomic E-state index is 9.12. The van der Waals surface area contributed by atoms with Crippen molar-refractivity contribution in [2.45, 2.75) is 80.1 Å². The molecule has 0 aromatic rings. The van der Waals surface area contributed by atoms with Crippen LogP contribution in [0.1, 0.15) is 80.1 Å². The highest BCUT2D eigenvalue weighted by Gasteiger charge is 2.18. The molecule has 0 aliphatic rings. The highest BCUT2D eigenvalue weighted by atomic mass is 16.3. The number of aliphatic hydroxyl groups excluding tert-OH is 1. The zero-order valence-electron chi connectivity index (χ0n) is 13.0. The van der Waals surface area contributed by atoms with Gasteiger partial charge in [0.05, 0.1) is 0 Å². The summed E-state index contributed by atoms with van der Waals surface area (Å²) in [6.45, 7) is 14.2. The van der Waals surface area contributed by atoms with E-state index in [9.17, 15) is 0 Å². The zero-order chi connectivity index (χ0) is 13.5. The van der Waals surface area contributed by atoms with Gasteiger partial charge in [-0.15, -0.1) is 0 Å². The van der Waals surface area contributed by atoms with Gasteiger partial charge in [0.25, 0.3) is 0 Å². The van der Waals surface area contributed by atoms with Gasteiger partial charge < -0.3 is 5.11 Å². The zero-order valence-corrected chi connectivity index (χ0v) is 13.0. The molecule has 1 N–H and O–H groups in total.